The van der Waals surface area contributed by atoms with Gasteiger partial charge in [0.05, 0.1) is 0 Å². The number of rotatable bonds is 3. The summed E-state index contributed by atoms with van der Waals surface area (Å²) in [6.07, 6.45) is 3.85. The van der Waals surface area contributed by atoms with Gasteiger partial charge in [-0.1, -0.05) is 49.7 Å². The first-order valence-corrected chi connectivity index (χ1v) is 5.97. The number of aryl methyl sites for hydroxylation is 1. The van der Waals surface area contributed by atoms with Crippen LogP contribution in [-0.2, 0) is 6.42 Å². The summed E-state index contributed by atoms with van der Waals surface area (Å²) in [6, 6.07) is 12.8. The van der Waals surface area contributed by atoms with E-state index >= 15 is 0 Å². The monoisotopic (exact) mass is 192 g/mol. The molecule has 0 aliphatic rings. The summed E-state index contributed by atoms with van der Waals surface area (Å²) in [4.78, 5) is 0. The molecule has 0 N–H and O–H groups in total. The van der Waals surface area contributed by atoms with Gasteiger partial charge in [0, 0.05) is 0 Å². The van der Waals surface area contributed by atoms with E-state index < -0.39 is 0 Å². The van der Waals surface area contributed by atoms with E-state index in [4.69, 9.17) is 0 Å². The third kappa shape index (κ3) is 4.75. The molecule has 0 saturated carbocycles. The zero-order valence-corrected chi connectivity index (χ0v) is 9.16. The number of hydrogen-bond acceptors (Lipinski definition) is 0. The van der Waals surface area contributed by atoms with Crippen LogP contribution < -0.4 is 0 Å². The fourth-order valence-electron chi connectivity index (χ4n) is 1.15. The maximum atomic E-state index is 2.26. The Kier molecular flexibility index (Phi) is 5.36. The van der Waals surface area contributed by atoms with E-state index in [-0.39, 0.29) is 0 Å². The van der Waals surface area contributed by atoms with Crippen LogP contribution in [0.25, 0.3) is 0 Å². The van der Waals surface area contributed by atoms with Gasteiger partial charge in [0.15, 0.2) is 0 Å². The van der Waals surface area contributed by atoms with Crippen molar-refractivity contribution >= 4 is 8.19 Å². The molecule has 0 fully saturated rings. The van der Waals surface area contributed by atoms with Crippen molar-refractivity contribution in [1.29, 1.82) is 0 Å². The molecule has 13 heavy (non-hydrogen) atoms. The Morgan fingerprint density at radius 1 is 1.08 bits per heavy atom. The van der Waals surface area contributed by atoms with Gasteiger partial charge >= 0.3 is 0 Å². The molecule has 1 unspecified atom stereocenters. The highest BCUT2D eigenvalue weighted by molar-refractivity contribution is 7.29. The Morgan fingerprint density at radius 3 is 2.69 bits per heavy atom. The van der Waals surface area contributed by atoms with Crippen LogP contribution in [0.3, 0.4) is 0 Å². The van der Waals surface area contributed by atoms with Crippen LogP contribution in [0, 0.1) is 0 Å². The minimum atomic E-state index is 0.865. The van der Waals surface area contributed by atoms with Crippen molar-refractivity contribution in [1.82, 2.24) is 0 Å². The molecule has 1 rings (SSSR count). The first-order valence-electron chi connectivity index (χ1n) is 4.89. The van der Waals surface area contributed by atoms with Crippen LogP contribution in [0.15, 0.2) is 42.2 Å². The summed E-state index contributed by atoms with van der Waals surface area (Å²) in [5.41, 5.74) is 0. The van der Waals surface area contributed by atoms with Crippen molar-refractivity contribution in [2.24, 2.45) is 0 Å². The Morgan fingerprint density at radius 2 is 1.85 bits per heavy atom. The summed E-state index contributed by atoms with van der Waals surface area (Å²) in [5.74, 6) is 2.25. The predicted molar refractivity (Wildman–Crippen MR) is 62.2 cm³/mol. The zero-order valence-electron chi connectivity index (χ0n) is 8.16. The fraction of sp³-hybridized carbons (Fsp3) is 0.333. The summed E-state index contributed by atoms with van der Waals surface area (Å²) < 4.78 is 0. The maximum absolute atomic E-state index is 2.26. The molecule has 1 heterocycles. The molecule has 0 nitrogen and oxygen atoms in total. The van der Waals surface area contributed by atoms with Crippen LogP contribution >= 0.6 is 8.19 Å². The molecule has 0 radical (unpaired) electrons. The average molecular weight is 192 g/mol. The molecule has 0 aliphatic carbocycles. The molecule has 1 atom stereocenters. The number of unbranched alkanes of at least 4 members (excludes halogenated alkanes) is 1. The van der Waals surface area contributed by atoms with Gasteiger partial charge < -0.3 is 0 Å². The van der Waals surface area contributed by atoms with Crippen molar-refractivity contribution < 1.29 is 0 Å². The van der Waals surface area contributed by atoms with Gasteiger partial charge in [0.2, 0.25) is 0 Å². The lowest BCUT2D eigenvalue weighted by Crippen LogP contribution is -1.76. The van der Waals surface area contributed by atoms with Crippen molar-refractivity contribution in [3.8, 4) is 0 Å². The van der Waals surface area contributed by atoms with E-state index in [9.17, 15) is 0 Å². The van der Waals surface area contributed by atoms with E-state index in [2.05, 4.69) is 49.1 Å². The van der Waals surface area contributed by atoms with Gasteiger partial charge in [-0.3, -0.25) is 0 Å². The molecule has 0 spiro atoms. The average Bonchev–Trinajstić information content (AvgIpc) is 2.28. The lowest BCUT2D eigenvalue weighted by Gasteiger charge is -1.94. The molecule has 0 aromatic carbocycles. The van der Waals surface area contributed by atoms with Crippen molar-refractivity contribution in [3.63, 3.8) is 0 Å². The topological polar surface area (TPSA) is 0 Å². The van der Waals surface area contributed by atoms with Gasteiger partial charge in [-0.2, -0.15) is 0 Å². The maximum Gasteiger partial charge on any atom is -0.0244 e. The molecule has 0 bridgehead atoms. The van der Waals surface area contributed by atoms with Gasteiger partial charge in [-0.15, -0.1) is 8.19 Å². The largest absolute Gasteiger partial charge is 0.137 e. The fourth-order valence-corrected chi connectivity index (χ4v) is 2.08. The van der Waals surface area contributed by atoms with Gasteiger partial charge in [0.1, 0.15) is 0 Å². The van der Waals surface area contributed by atoms with Crippen molar-refractivity contribution in [3.05, 3.63) is 47.5 Å². The third-order valence-corrected chi connectivity index (χ3v) is 3.05. The lowest BCUT2D eigenvalue weighted by atomic mass is 10.2. The van der Waals surface area contributed by atoms with E-state index in [0.717, 1.165) is 8.19 Å². The quantitative estimate of drug-likeness (QED) is 0.673. The Labute approximate surface area is 82.4 Å². The van der Waals surface area contributed by atoms with E-state index in [1.165, 1.54) is 19.3 Å². The molecular formula is C12H17P. The molecular weight excluding hydrogens is 175 g/mol. The van der Waals surface area contributed by atoms with Gasteiger partial charge in [-0.05, 0) is 23.9 Å². The van der Waals surface area contributed by atoms with Crippen LogP contribution in [0.2, 0.25) is 0 Å². The second-order valence-electron chi connectivity index (χ2n) is 3.07. The molecule has 0 amide bonds. The first-order chi connectivity index (χ1) is 6.43. The molecule has 0 saturated heterocycles. The minimum absolute atomic E-state index is 0.865. The minimum Gasteiger partial charge on any atom is -0.137 e. The first kappa shape index (κ1) is 10.3. The number of hydrogen-bond donors (Lipinski definition) is 0. The normalized spacial score (nSPS) is 9.92. The summed E-state index contributed by atoms with van der Waals surface area (Å²) in [7, 11) is 0.865. The molecule has 1 aromatic rings. The Balaban J connectivity index is 2.78. The smallest absolute Gasteiger partial charge is 0.0244 e. The van der Waals surface area contributed by atoms with Crippen molar-refractivity contribution in [2.45, 2.75) is 26.2 Å². The van der Waals surface area contributed by atoms with Crippen LogP contribution in [-0.4, -0.2) is 0 Å². The zero-order chi connectivity index (χ0) is 9.36. The Bertz CT molecular complexity index is 250. The SMILES string of the molecule is CCCCc1ccccccc[pH]1. The summed E-state index contributed by atoms with van der Waals surface area (Å²) >= 11 is 0. The summed E-state index contributed by atoms with van der Waals surface area (Å²) in [6.45, 7) is 2.24. The summed E-state index contributed by atoms with van der Waals surface area (Å²) in [5, 5.41) is 1.57. The molecule has 0 aliphatic heterocycles. The van der Waals surface area contributed by atoms with E-state index in [0.29, 0.717) is 0 Å². The highest BCUT2D eigenvalue weighted by Gasteiger charge is 1.86. The van der Waals surface area contributed by atoms with Gasteiger partial charge in [-0.25, -0.2) is 0 Å². The van der Waals surface area contributed by atoms with Gasteiger partial charge in [0.25, 0.3) is 0 Å². The van der Waals surface area contributed by atoms with Crippen LogP contribution in [0.1, 0.15) is 25.1 Å². The Hall–Kier alpha value is -0.740. The third-order valence-electron chi connectivity index (χ3n) is 1.91. The van der Waals surface area contributed by atoms with E-state index in [1.807, 2.05) is 0 Å². The van der Waals surface area contributed by atoms with Crippen LogP contribution in [0.5, 0.6) is 0 Å². The van der Waals surface area contributed by atoms with Crippen molar-refractivity contribution in [2.75, 3.05) is 0 Å². The standard InChI is InChI=1S/C12H17P/c1-2-3-9-12-10-7-5-4-6-8-11-13-12/h4-8,10-11,13H,2-3,9H2,1H3. The molecule has 70 valence electrons. The second-order valence-corrected chi connectivity index (χ2v) is 4.33. The predicted octanol–water partition coefficient (Wildman–Crippen LogP) is 4.18. The second kappa shape index (κ2) is 6.74. The van der Waals surface area contributed by atoms with E-state index in [1.54, 1.807) is 5.30 Å². The highest BCUT2D eigenvalue weighted by Crippen LogP contribution is 2.12. The van der Waals surface area contributed by atoms with Crippen LogP contribution in [0.4, 0.5) is 0 Å². The molecule has 1 heteroatoms. The lowest BCUT2D eigenvalue weighted by molar-refractivity contribution is 0.804. The molecule has 1 aromatic heterocycles. The highest BCUT2D eigenvalue weighted by atomic mass is 31.0.